The van der Waals surface area contributed by atoms with Gasteiger partial charge in [-0.05, 0) is 41.5 Å². The highest BCUT2D eigenvalue weighted by Crippen LogP contribution is 2.12. The minimum atomic E-state index is -0.432. The number of methoxy groups -OCH3 is 1. The van der Waals surface area contributed by atoms with E-state index in [1.165, 1.54) is 6.08 Å². The topological polar surface area (TPSA) is 59.3 Å². The largest absolute Gasteiger partial charge is 0.497 e. The molecule has 4 nitrogen and oxygen atoms in total. The SMILES string of the molecule is COc1ccc(/C=C/C(=O)OCc2cccc(C#N)c2)cc1. The molecule has 0 amide bonds. The van der Waals surface area contributed by atoms with Crippen molar-refractivity contribution in [1.29, 1.82) is 5.26 Å². The van der Waals surface area contributed by atoms with Gasteiger partial charge in [-0.3, -0.25) is 0 Å². The molecule has 0 unspecified atom stereocenters. The lowest BCUT2D eigenvalue weighted by molar-refractivity contribution is -0.138. The van der Waals surface area contributed by atoms with Crippen molar-refractivity contribution >= 4 is 12.0 Å². The van der Waals surface area contributed by atoms with Gasteiger partial charge < -0.3 is 9.47 Å². The van der Waals surface area contributed by atoms with E-state index in [0.29, 0.717) is 5.56 Å². The molecule has 0 atom stereocenters. The number of esters is 1. The van der Waals surface area contributed by atoms with Gasteiger partial charge >= 0.3 is 5.97 Å². The Hall–Kier alpha value is -3.06. The van der Waals surface area contributed by atoms with Gasteiger partial charge in [-0.25, -0.2) is 4.79 Å². The van der Waals surface area contributed by atoms with Crippen LogP contribution in [-0.2, 0) is 16.1 Å². The van der Waals surface area contributed by atoms with Crippen molar-refractivity contribution in [2.75, 3.05) is 7.11 Å². The molecule has 0 aliphatic rings. The fraction of sp³-hybridized carbons (Fsp3) is 0.111. The summed E-state index contributed by atoms with van der Waals surface area (Å²) in [5.41, 5.74) is 2.21. The molecule has 2 aromatic rings. The molecule has 0 bridgehead atoms. The lowest BCUT2D eigenvalue weighted by atomic mass is 10.1. The van der Waals surface area contributed by atoms with E-state index in [0.717, 1.165) is 16.9 Å². The summed E-state index contributed by atoms with van der Waals surface area (Å²) in [4.78, 5) is 11.7. The smallest absolute Gasteiger partial charge is 0.331 e. The first-order valence-corrected chi connectivity index (χ1v) is 6.69. The molecule has 0 radical (unpaired) electrons. The third kappa shape index (κ3) is 4.50. The van der Waals surface area contributed by atoms with Crippen LogP contribution in [0.5, 0.6) is 5.75 Å². The molecule has 0 spiro atoms. The van der Waals surface area contributed by atoms with Crippen LogP contribution >= 0.6 is 0 Å². The van der Waals surface area contributed by atoms with E-state index in [2.05, 4.69) is 0 Å². The summed E-state index contributed by atoms with van der Waals surface area (Å²) in [6.45, 7) is 0.140. The summed E-state index contributed by atoms with van der Waals surface area (Å²) in [6.07, 6.45) is 3.05. The molecule has 0 fully saturated rings. The highest BCUT2D eigenvalue weighted by Gasteiger charge is 2.00. The molecule has 0 saturated heterocycles. The molecule has 2 rings (SSSR count). The average molecular weight is 293 g/mol. The average Bonchev–Trinajstić information content (AvgIpc) is 2.58. The molecule has 22 heavy (non-hydrogen) atoms. The summed E-state index contributed by atoms with van der Waals surface area (Å²) in [5.74, 6) is 0.329. The quantitative estimate of drug-likeness (QED) is 0.626. The number of ether oxygens (including phenoxy) is 2. The molecule has 2 aromatic carbocycles. The number of rotatable bonds is 5. The third-order valence-electron chi connectivity index (χ3n) is 2.96. The van der Waals surface area contributed by atoms with Crippen LogP contribution in [0, 0.1) is 11.3 Å². The number of carbonyl (C=O) groups excluding carboxylic acids is 1. The molecule has 4 heteroatoms. The minimum Gasteiger partial charge on any atom is -0.497 e. The molecular formula is C18H15NO3. The Bertz CT molecular complexity index is 712. The highest BCUT2D eigenvalue weighted by molar-refractivity contribution is 5.87. The zero-order valence-corrected chi connectivity index (χ0v) is 12.2. The lowest BCUT2D eigenvalue weighted by Crippen LogP contribution is -2.00. The van der Waals surface area contributed by atoms with Crippen LogP contribution in [0.3, 0.4) is 0 Å². The second-order valence-electron chi connectivity index (χ2n) is 4.53. The number of nitrogens with zero attached hydrogens (tertiary/aromatic N) is 1. The maximum Gasteiger partial charge on any atom is 0.331 e. The van der Waals surface area contributed by atoms with Gasteiger partial charge in [-0.15, -0.1) is 0 Å². The molecule has 0 aliphatic heterocycles. The first-order valence-electron chi connectivity index (χ1n) is 6.69. The van der Waals surface area contributed by atoms with Crippen LogP contribution in [0.4, 0.5) is 0 Å². The summed E-state index contributed by atoms with van der Waals surface area (Å²) >= 11 is 0. The molecule has 0 aliphatic carbocycles. The molecule has 0 aromatic heterocycles. The van der Waals surface area contributed by atoms with Gasteiger partial charge in [0, 0.05) is 6.08 Å². The zero-order valence-electron chi connectivity index (χ0n) is 12.2. The van der Waals surface area contributed by atoms with Crippen molar-refractivity contribution < 1.29 is 14.3 Å². The first-order chi connectivity index (χ1) is 10.7. The highest BCUT2D eigenvalue weighted by atomic mass is 16.5. The van der Waals surface area contributed by atoms with Gasteiger partial charge in [0.15, 0.2) is 0 Å². The Morgan fingerprint density at radius 2 is 2.00 bits per heavy atom. The summed E-state index contributed by atoms with van der Waals surface area (Å²) in [7, 11) is 1.60. The Balaban J connectivity index is 1.89. The molecule has 0 N–H and O–H groups in total. The summed E-state index contributed by atoms with van der Waals surface area (Å²) in [5, 5.41) is 8.81. The van der Waals surface area contributed by atoms with Crippen molar-refractivity contribution in [2.24, 2.45) is 0 Å². The molecule has 110 valence electrons. The van der Waals surface area contributed by atoms with E-state index in [4.69, 9.17) is 14.7 Å². The molecular weight excluding hydrogens is 278 g/mol. The molecule has 0 heterocycles. The van der Waals surface area contributed by atoms with Gasteiger partial charge in [-0.1, -0.05) is 24.3 Å². The van der Waals surface area contributed by atoms with Gasteiger partial charge in [0.05, 0.1) is 18.7 Å². The van der Waals surface area contributed by atoms with Crippen LogP contribution in [0.25, 0.3) is 6.08 Å². The van der Waals surface area contributed by atoms with Gasteiger partial charge in [-0.2, -0.15) is 5.26 Å². The Morgan fingerprint density at radius 3 is 2.68 bits per heavy atom. The second-order valence-corrected chi connectivity index (χ2v) is 4.53. The molecule has 0 saturated carbocycles. The number of carbonyl (C=O) groups is 1. The Labute approximate surface area is 129 Å². The van der Waals surface area contributed by atoms with Crippen molar-refractivity contribution in [3.8, 4) is 11.8 Å². The van der Waals surface area contributed by atoms with Gasteiger partial charge in [0.1, 0.15) is 12.4 Å². The van der Waals surface area contributed by atoms with Gasteiger partial charge in [0.25, 0.3) is 0 Å². The zero-order chi connectivity index (χ0) is 15.8. The van der Waals surface area contributed by atoms with Crippen molar-refractivity contribution in [1.82, 2.24) is 0 Å². The van der Waals surface area contributed by atoms with Gasteiger partial charge in [0.2, 0.25) is 0 Å². The number of nitriles is 1. The number of benzene rings is 2. The van der Waals surface area contributed by atoms with E-state index >= 15 is 0 Å². The van der Waals surface area contributed by atoms with Crippen molar-refractivity contribution in [3.05, 3.63) is 71.3 Å². The van der Waals surface area contributed by atoms with Crippen molar-refractivity contribution in [3.63, 3.8) is 0 Å². The first kappa shape index (κ1) is 15.3. The van der Waals surface area contributed by atoms with Crippen molar-refractivity contribution in [2.45, 2.75) is 6.61 Å². The predicted octanol–water partition coefficient (Wildman–Crippen LogP) is 3.32. The van der Waals surface area contributed by atoms with E-state index in [9.17, 15) is 4.79 Å². The fourth-order valence-electron chi connectivity index (χ4n) is 1.81. The summed E-state index contributed by atoms with van der Waals surface area (Å²) < 4.78 is 10.2. The monoisotopic (exact) mass is 293 g/mol. The lowest BCUT2D eigenvalue weighted by Gasteiger charge is -2.02. The van der Waals surface area contributed by atoms with E-state index in [1.807, 2.05) is 30.3 Å². The second kappa shape index (κ2) is 7.65. The third-order valence-corrected chi connectivity index (χ3v) is 2.96. The number of hydrogen-bond acceptors (Lipinski definition) is 4. The predicted molar refractivity (Wildman–Crippen MR) is 83.0 cm³/mol. The fourth-order valence-corrected chi connectivity index (χ4v) is 1.81. The van der Waals surface area contributed by atoms with Crippen LogP contribution in [0.2, 0.25) is 0 Å². The minimum absolute atomic E-state index is 0.140. The maximum absolute atomic E-state index is 11.7. The summed E-state index contributed by atoms with van der Waals surface area (Å²) in [6, 6.07) is 16.3. The standard InChI is InChI=1S/C18H15NO3/c1-21-17-8-5-14(6-9-17)7-10-18(20)22-13-16-4-2-3-15(11-16)12-19/h2-11H,13H2,1H3/b10-7+. The van der Waals surface area contributed by atoms with Crippen LogP contribution < -0.4 is 4.74 Å². The van der Waals surface area contributed by atoms with E-state index < -0.39 is 5.97 Å². The normalized spacial score (nSPS) is 10.2. The van der Waals surface area contributed by atoms with E-state index in [1.54, 1.807) is 37.5 Å². The van der Waals surface area contributed by atoms with Crippen LogP contribution in [0.15, 0.2) is 54.6 Å². The maximum atomic E-state index is 11.7. The Morgan fingerprint density at radius 1 is 1.23 bits per heavy atom. The van der Waals surface area contributed by atoms with Crippen LogP contribution in [0.1, 0.15) is 16.7 Å². The van der Waals surface area contributed by atoms with E-state index in [-0.39, 0.29) is 6.61 Å². The Kier molecular flexibility index (Phi) is 5.33. The van der Waals surface area contributed by atoms with Crippen LogP contribution in [-0.4, -0.2) is 13.1 Å². The number of hydrogen-bond donors (Lipinski definition) is 0.